The number of nitrogen functional groups attached to an aromatic ring is 1. The number of aromatic nitrogens is 2. The highest BCUT2D eigenvalue weighted by molar-refractivity contribution is 5.39. The van der Waals surface area contributed by atoms with Gasteiger partial charge in [0.15, 0.2) is 0 Å². The number of nitrogens with zero attached hydrogens (tertiary/aromatic N) is 1. The summed E-state index contributed by atoms with van der Waals surface area (Å²) in [7, 11) is 0. The molecule has 14 heavy (non-hydrogen) atoms. The fourth-order valence-electron chi connectivity index (χ4n) is 1.36. The molecule has 0 saturated carbocycles. The van der Waals surface area contributed by atoms with Gasteiger partial charge in [0.05, 0.1) is 5.56 Å². The van der Waals surface area contributed by atoms with Crippen LogP contribution in [0.25, 0.3) is 0 Å². The van der Waals surface area contributed by atoms with Crippen molar-refractivity contribution in [3.8, 4) is 0 Å². The summed E-state index contributed by atoms with van der Waals surface area (Å²) in [6.45, 7) is 4.26. The zero-order chi connectivity index (χ0) is 10.7. The molecule has 5 heteroatoms. The van der Waals surface area contributed by atoms with E-state index in [0.717, 1.165) is 0 Å². The lowest BCUT2D eigenvalue weighted by atomic mass is 10.1. The van der Waals surface area contributed by atoms with Crippen LogP contribution in [0.2, 0.25) is 0 Å². The lowest BCUT2D eigenvalue weighted by Crippen LogP contribution is -2.22. The Kier molecular flexibility index (Phi) is 3.24. The van der Waals surface area contributed by atoms with Gasteiger partial charge in [0.25, 0.3) is 5.56 Å². The van der Waals surface area contributed by atoms with E-state index in [2.05, 4.69) is 9.97 Å². The van der Waals surface area contributed by atoms with Gasteiger partial charge in [-0.2, -0.15) is 0 Å². The molecule has 0 aromatic carbocycles. The molecular formula is C9H16N4O. The van der Waals surface area contributed by atoms with Crippen LogP contribution in [0.1, 0.15) is 31.2 Å². The summed E-state index contributed by atoms with van der Waals surface area (Å²) in [6, 6.07) is 0. The predicted octanol–water partition coefficient (Wildman–Crippen LogP) is -0.0233. The maximum atomic E-state index is 11.6. The molecule has 0 radical (unpaired) electrons. The Balaban J connectivity index is 3.19. The van der Waals surface area contributed by atoms with E-state index in [1.807, 2.05) is 13.8 Å². The van der Waals surface area contributed by atoms with E-state index in [9.17, 15) is 4.79 Å². The molecular weight excluding hydrogens is 180 g/mol. The largest absolute Gasteiger partial charge is 0.383 e. The van der Waals surface area contributed by atoms with Crippen molar-refractivity contribution in [1.29, 1.82) is 0 Å². The van der Waals surface area contributed by atoms with Gasteiger partial charge in [0.2, 0.25) is 0 Å². The first-order valence-corrected chi connectivity index (χ1v) is 4.65. The summed E-state index contributed by atoms with van der Waals surface area (Å²) in [6.07, 6.45) is 0.539. The van der Waals surface area contributed by atoms with Crippen LogP contribution in [0.5, 0.6) is 0 Å². The normalized spacial score (nSPS) is 10.9. The van der Waals surface area contributed by atoms with Gasteiger partial charge in [0, 0.05) is 6.42 Å². The second kappa shape index (κ2) is 4.23. The van der Waals surface area contributed by atoms with Crippen LogP contribution in [0.3, 0.4) is 0 Å². The van der Waals surface area contributed by atoms with Crippen molar-refractivity contribution >= 4 is 5.82 Å². The van der Waals surface area contributed by atoms with Gasteiger partial charge < -0.3 is 16.5 Å². The zero-order valence-corrected chi connectivity index (χ0v) is 8.50. The van der Waals surface area contributed by atoms with Gasteiger partial charge in [0.1, 0.15) is 11.6 Å². The summed E-state index contributed by atoms with van der Waals surface area (Å²) in [5.41, 5.74) is 11.4. The molecule has 0 aliphatic carbocycles. The van der Waals surface area contributed by atoms with E-state index >= 15 is 0 Å². The van der Waals surface area contributed by atoms with Gasteiger partial charge in [-0.3, -0.25) is 4.79 Å². The lowest BCUT2D eigenvalue weighted by Gasteiger charge is -2.08. The summed E-state index contributed by atoms with van der Waals surface area (Å²) >= 11 is 0. The minimum Gasteiger partial charge on any atom is -0.383 e. The van der Waals surface area contributed by atoms with E-state index in [-0.39, 0.29) is 11.5 Å². The van der Waals surface area contributed by atoms with Gasteiger partial charge in [-0.15, -0.1) is 0 Å². The first kappa shape index (κ1) is 10.7. The molecule has 78 valence electrons. The molecule has 1 aromatic heterocycles. The Bertz CT molecular complexity index is 370. The fraction of sp³-hybridized carbons (Fsp3) is 0.556. The monoisotopic (exact) mass is 196 g/mol. The third-order valence-electron chi connectivity index (χ3n) is 1.99. The van der Waals surface area contributed by atoms with E-state index in [4.69, 9.17) is 11.5 Å². The van der Waals surface area contributed by atoms with Crippen LogP contribution in [-0.2, 0) is 6.42 Å². The fourth-order valence-corrected chi connectivity index (χ4v) is 1.36. The molecule has 0 atom stereocenters. The molecule has 0 unspecified atom stereocenters. The number of nitrogens with two attached hydrogens (primary N) is 2. The summed E-state index contributed by atoms with van der Waals surface area (Å²) in [4.78, 5) is 18.3. The van der Waals surface area contributed by atoms with E-state index < -0.39 is 0 Å². The minimum absolute atomic E-state index is 0.0816. The van der Waals surface area contributed by atoms with Crippen molar-refractivity contribution in [2.45, 2.75) is 26.2 Å². The predicted molar refractivity (Wildman–Crippen MR) is 56.1 cm³/mol. The van der Waals surface area contributed by atoms with Crippen LogP contribution in [0, 0.1) is 0 Å². The van der Waals surface area contributed by atoms with Crippen LogP contribution in [0.15, 0.2) is 4.79 Å². The van der Waals surface area contributed by atoms with Crippen molar-refractivity contribution in [1.82, 2.24) is 9.97 Å². The van der Waals surface area contributed by atoms with Crippen LogP contribution >= 0.6 is 0 Å². The number of hydrogen-bond donors (Lipinski definition) is 3. The Morgan fingerprint density at radius 1 is 1.50 bits per heavy atom. The van der Waals surface area contributed by atoms with E-state index in [1.54, 1.807) is 0 Å². The van der Waals surface area contributed by atoms with Gasteiger partial charge in [-0.25, -0.2) is 4.98 Å². The molecule has 1 aromatic rings. The first-order chi connectivity index (χ1) is 6.56. The Morgan fingerprint density at radius 3 is 2.57 bits per heavy atom. The number of aromatic amines is 1. The van der Waals surface area contributed by atoms with Crippen molar-refractivity contribution in [3.63, 3.8) is 0 Å². The third-order valence-corrected chi connectivity index (χ3v) is 1.99. The second-order valence-corrected chi connectivity index (χ2v) is 3.50. The molecule has 0 amide bonds. The molecule has 0 aliphatic rings. The topological polar surface area (TPSA) is 97.8 Å². The maximum absolute atomic E-state index is 11.6. The summed E-state index contributed by atoms with van der Waals surface area (Å²) < 4.78 is 0. The standard InChI is InChI=1S/C9H16N4O/c1-5(2)7-8(11)12-6(3-4-10)13-9(7)14/h5H,3-4,10H2,1-2H3,(H3,11,12,13,14). The highest BCUT2D eigenvalue weighted by Gasteiger charge is 2.11. The minimum atomic E-state index is -0.157. The van der Waals surface area contributed by atoms with Crippen LogP contribution in [-0.4, -0.2) is 16.5 Å². The Labute approximate surface area is 82.5 Å². The lowest BCUT2D eigenvalue weighted by molar-refractivity contribution is 0.799. The quantitative estimate of drug-likeness (QED) is 0.632. The SMILES string of the molecule is CC(C)c1c(N)nc(CCN)[nH]c1=O. The molecule has 0 fully saturated rings. The van der Waals surface area contributed by atoms with Gasteiger partial charge in [-0.1, -0.05) is 13.8 Å². The van der Waals surface area contributed by atoms with Crippen molar-refractivity contribution in [2.75, 3.05) is 12.3 Å². The number of anilines is 1. The number of H-pyrrole nitrogens is 1. The van der Waals surface area contributed by atoms with Crippen molar-refractivity contribution < 1.29 is 0 Å². The maximum Gasteiger partial charge on any atom is 0.256 e. The highest BCUT2D eigenvalue weighted by Crippen LogP contribution is 2.14. The summed E-state index contributed by atoms with van der Waals surface area (Å²) in [5, 5.41) is 0. The van der Waals surface area contributed by atoms with Crippen molar-refractivity contribution in [2.24, 2.45) is 5.73 Å². The first-order valence-electron chi connectivity index (χ1n) is 4.65. The Hall–Kier alpha value is -1.36. The van der Waals surface area contributed by atoms with E-state index in [0.29, 0.717) is 30.2 Å². The molecule has 1 rings (SSSR count). The van der Waals surface area contributed by atoms with Gasteiger partial charge in [-0.05, 0) is 12.5 Å². The molecule has 0 bridgehead atoms. The average molecular weight is 196 g/mol. The third kappa shape index (κ3) is 2.11. The average Bonchev–Trinajstić information content (AvgIpc) is 2.01. The molecule has 5 N–H and O–H groups in total. The smallest absolute Gasteiger partial charge is 0.256 e. The molecule has 0 spiro atoms. The second-order valence-electron chi connectivity index (χ2n) is 3.50. The van der Waals surface area contributed by atoms with E-state index in [1.165, 1.54) is 0 Å². The highest BCUT2D eigenvalue weighted by atomic mass is 16.1. The number of nitrogens with one attached hydrogen (secondary N) is 1. The molecule has 1 heterocycles. The molecule has 0 saturated heterocycles. The zero-order valence-electron chi connectivity index (χ0n) is 8.50. The Morgan fingerprint density at radius 2 is 2.14 bits per heavy atom. The number of hydrogen-bond acceptors (Lipinski definition) is 4. The van der Waals surface area contributed by atoms with Gasteiger partial charge >= 0.3 is 0 Å². The van der Waals surface area contributed by atoms with Crippen LogP contribution < -0.4 is 17.0 Å². The van der Waals surface area contributed by atoms with Crippen LogP contribution in [0.4, 0.5) is 5.82 Å². The summed E-state index contributed by atoms with van der Waals surface area (Å²) in [5.74, 6) is 0.949. The number of rotatable bonds is 3. The molecule has 0 aliphatic heterocycles. The van der Waals surface area contributed by atoms with Crippen molar-refractivity contribution in [3.05, 3.63) is 21.7 Å². The molecule has 5 nitrogen and oxygen atoms in total.